The minimum Gasteiger partial charge on any atom is -0.494 e. The number of rotatable bonds is 7. The first-order valence-electron chi connectivity index (χ1n) is 7.71. The number of likely N-dealkylation sites (N-methyl/N-ethyl adjacent to an activating group) is 1. The molecule has 0 aliphatic rings. The van der Waals surface area contributed by atoms with Gasteiger partial charge in [-0.3, -0.25) is 4.90 Å². The maximum Gasteiger partial charge on any atom is 0.230 e. The van der Waals surface area contributed by atoms with Gasteiger partial charge in [-0.1, -0.05) is 29.5 Å². The smallest absolute Gasteiger partial charge is 0.230 e. The Hall–Kier alpha value is -2.16. The van der Waals surface area contributed by atoms with Crippen LogP contribution >= 0.6 is 11.3 Å². The van der Waals surface area contributed by atoms with E-state index in [2.05, 4.69) is 10.1 Å². The zero-order chi connectivity index (χ0) is 17.1. The molecule has 24 heavy (non-hydrogen) atoms. The third-order valence-electron chi connectivity index (χ3n) is 3.79. The molecule has 7 nitrogen and oxygen atoms in total. The summed E-state index contributed by atoms with van der Waals surface area (Å²) < 4.78 is 7.18. The minimum absolute atomic E-state index is 0.0192. The quantitative estimate of drug-likeness (QED) is 0.679. The van der Waals surface area contributed by atoms with Crippen LogP contribution in [0, 0.1) is 0 Å². The van der Waals surface area contributed by atoms with Crippen LogP contribution in [0.25, 0.3) is 4.96 Å². The van der Waals surface area contributed by atoms with Crippen molar-refractivity contribution in [3.8, 4) is 11.6 Å². The maximum absolute atomic E-state index is 10.6. The zero-order valence-electron chi connectivity index (χ0n) is 13.6. The van der Waals surface area contributed by atoms with Crippen LogP contribution < -0.4 is 4.74 Å². The van der Waals surface area contributed by atoms with Crippen molar-refractivity contribution < 1.29 is 14.9 Å². The molecule has 2 N–H and O–H groups in total. The SMILES string of the molecule is CCOc1ccccc1C(c1sc2ncnn2c1O)N(C)CCO. The van der Waals surface area contributed by atoms with Gasteiger partial charge in [0.25, 0.3) is 0 Å². The van der Waals surface area contributed by atoms with Crippen LogP contribution in [-0.2, 0) is 0 Å². The van der Waals surface area contributed by atoms with E-state index in [1.54, 1.807) is 0 Å². The Morgan fingerprint density at radius 1 is 1.38 bits per heavy atom. The predicted octanol–water partition coefficient (Wildman–Crippen LogP) is 1.91. The van der Waals surface area contributed by atoms with Gasteiger partial charge in [0.2, 0.25) is 10.8 Å². The summed E-state index contributed by atoms with van der Waals surface area (Å²) in [5.41, 5.74) is 0.926. The highest BCUT2D eigenvalue weighted by molar-refractivity contribution is 7.17. The van der Waals surface area contributed by atoms with Crippen LogP contribution in [0.2, 0.25) is 0 Å². The second-order valence-electron chi connectivity index (χ2n) is 5.32. The number of para-hydroxylation sites is 1. The van der Waals surface area contributed by atoms with Crippen molar-refractivity contribution in [2.24, 2.45) is 0 Å². The van der Waals surface area contributed by atoms with Crippen molar-refractivity contribution >= 4 is 16.3 Å². The van der Waals surface area contributed by atoms with Gasteiger partial charge in [-0.15, -0.1) is 0 Å². The fourth-order valence-corrected chi connectivity index (χ4v) is 3.84. The summed E-state index contributed by atoms with van der Waals surface area (Å²) in [5.74, 6) is 0.821. The highest BCUT2D eigenvalue weighted by Gasteiger charge is 2.29. The Bertz CT molecular complexity index is 817. The third kappa shape index (κ3) is 2.95. The highest BCUT2D eigenvalue weighted by Crippen LogP contribution is 2.41. The summed E-state index contributed by atoms with van der Waals surface area (Å²) in [6.07, 6.45) is 1.41. The summed E-state index contributed by atoms with van der Waals surface area (Å²) in [6.45, 7) is 2.96. The number of aromatic hydroxyl groups is 1. The molecule has 1 aromatic carbocycles. The van der Waals surface area contributed by atoms with Gasteiger partial charge in [0.05, 0.1) is 24.1 Å². The number of aromatic nitrogens is 3. The van der Waals surface area contributed by atoms with Gasteiger partial charge in [-0.25, -0.2) is 4.98 Å². The van der Waals surface area contributed by atoms with Crippen molar-refractivity contribution in [1.82, 2.24) is 19.5 Å². The Kier molecular flexibility index (Phi) is 4.98. The van der Waals surface area contributed by atoms with Gasteiger partial charge in [0.15, 0.2) is 0 Å². The van der Waals surface area contributed by atoms with E-state index in [9.17, 15) is 10.2 Å². The van der Waals surface area contributed by atoms with Crippen molar-refractivity contribution in [1.29, 1.82) is 0 Å². The fraction of sp³-hybridized carbons (Fsp3) is 0.375. The number of aliphatic hydroxyl groups excluding tert-OH is 1. The Labute approximate surface area is 143 Å². The molecular formula is C16H20N4O3S. The predicted molar refractivity (Wildman–Crippen MR) is 91.7 cm³/mol. The molecule has 0 amide bonds. The van der Waals surface area contributed by atoms with E-state index in [1.165, 1.54) is 22.2 Å². The number of thiazole rings is 1. The molecule has 0 aliphatic heterocycles. The lowest BCUT2D eigenvalue weighted by atomic mass is 10.0. The van der Waals surface area contributed by atoms with Gasteiger partial charge in [-0.05, 0) is 20.0 Å². The highest BCUT2D eigenvalue weighted by atomic mass is 32.1. The van der Waals surface area contributed by atoms with E-state index in [0.717, 1.165) is 11.3 Å². The molecule has 0 fully saturated rings. The Morgan fingerprint density at radius 3 is 2.88 bits per heavy atom. The molecule has 0 saturated carbocycles. The van der Waals surface area contributed by atoms with Gasteiger partial charge >= 0.3 is 0 Å². The molecule has 0 saturated heterocycles. The average Bonchev–Trinajstić information content (AvgIpc) is 3.14. The molecule has 0 bridgehead atoms. The molecule has 0 radical (unpaired) electrons. The molecule has 3 rings (SSSR count). The summed E-state index contributed by atoms with van der Waals surface area (Å²) in [4.78, 5) is 7.47. The fourth-order valence-electron chi connectivity index (χ4n) is 2.73. The monoisotopic (exact) mass is 348 g/mol. The largest absolute Gasteiger partial charge is 0.494 e. The van der Waals surface area contributed by atoms with Gasteiger partial charge < -0.3 is 14.9 Å². The van der Waals surface area contributed by atoms with Crippen molar-refractivity contribution in [3.63, 3.8) is 0 Å². The van der Waals surface area contributed by atoms with Crippen LogP contribution in [0.15, 0.2) is 30.6 Å². The summed E-state index contributed by atoms with van der Waals surface area (Å²) in [7, 11) is 1.90. The van der Waals surface area contributed by atoms with E-state index in [1.807, 2.05) is 43.1 Å². The molecule has 2 aromatic heterocycles. The third-order valence-corrected chi connectivity index (χ3v) is 4.88. The summed E-state index contributed by atoms with van der Waals surface area (Å²) in [5, 5.41) is 24.0. The number of hydrogen-bond donors (Lipinski definition) is 2. The second kappa shape index (κ2) is 7.16. The summed E-state index contributed by atoms with van der Waals surface area (Å²) >= 11 is 1.37. The van der Waals surface area contributed by atoms with E-state index in [-0.39, 0.29) is 18.5 Å². The first-order valence-corrected chi connectivity index (χ1v) is 8.53. The van der Waals surface area contributed by atoms with Gasteiger partial charge in [0, 0.05) is 12.1 Å². The number of aliphatic hydroxyl groups is 1. The van der Waals surface area contributed by atoms with Crippen LogP contribution in [-0.4, -0.2) is 56.5 Å². The standard InChI is InChI=1S/C16H20N4O3S/c1-3-23-12-7-5-4-6-11(12)13(19(2)8-9-21)14-15(22)20-16(24-14)17-10-18-20/h4-7,10,13,21-22H,3,8-9H2,1-2H3. The molecule has 0 aliphatic carbocycles. The number of hydrogen-bond acceptors (Lipinski definition) is 7. The number of benzene rings is 1. The first kappa shape index (κ1) is 16.7. The number of fused-ring (bicyclic) bond motifs is 1. The summed E-state index contributed by atoms with van der Waals surface area (Å²) in [6, 6.07) is 7.46. The molecule has 1 unspecified atom stereocenters. The second-order valence-corrected chi connectivity index (χ2v) is 6.33. The zero-order valence-corrected chi connectivity index (χ0v) is 14.4. The Balaban J connectivity index is 2.13. The maximum atomic E-state index is 10.6. The topological polar surface area (TPSA) is 83.1 Å². The number of ether oxygens (including phenoxy) is 1. The average molecular weight is 348 g/mol. The van der Waals surface area contributed by atoms with Crippen LogP contribution in [0.5, 0.6) is 11.6 Å². The van der Waals surface area contributed by atoms with Crippen LogP contribution in [0.4, 0.5) is 0 Å². The molecule has 1 atom stereocenters. The molecule has 0 spiro atoms. The molecule has 3 aromatic rings. The minimum atomic E-state index is -0.270. The lowest BCUT2D eigenvalue weighted by molar-refractivity contribution is 0.194. The van der Waals surface area contributed by atoms with Crippen molar-refractivity contribution in [2.45, 2.75) is 13.0 Å². The number of nitrogens with zero attached hydrogens (tertiary/aromatic N) is 4. The lowest BCUT2D eigenvalue weighted by Crippen LogP contribution is -2.28. The van der Waals surface area contributed by atoms with Crippen molar-refractivity contribution in [2.75, 3.05) is 26.8 Å². The molecule has 8 heteroatoms. The van der Waals surface area contributed by atoms with Gasteiger partial charge in [0.1, 0.15) is 12.1 Å². The van der Waals surface area contributed by atoms with E-state index < -0.39 is 0 Å². The van der Waals surface area contributed by atoms with Gasteiger partial charge in [-0.2, -0.15) is 9.61 Å². The van der Waals surface area contributed by atoms with Crippen molar-refractivity contribution in [3.05, 3.63) is 41.0 Å². The van der Waals surface area contributed by atoms with Crippen LogP contribution in [0.3, 0.4) is 0 Å². The van der Waals surface area contributed by atoms with Crippen LogP contribution in [0.1, 0.15) is 23.4 Å². The normalized spacial score (nSPS) is 12.8. The molecular weight excluding hydrogens is 328 g/mol. The first-order chi connectivity index (χ1) is 11.7. The molecule has 2 heterocycles. The Morgan fingerprint density at radius 2 is 2.17 bits per heavy atom. The molecule has 128 valence electrons. The van der Waals surface area contributed by atoms with E-state index >= 15 is 0 Å². The lowest BCUT2D eigenvalue weighted by Gasteiger charge is -2.28. The van der Waals surface area contributed by atoms with E-state index in [4.69, 9.17) is 4.74 Å². The van der Waals surface area contributed by atoms with E-state index in [0.29, 0.717) is 23.0 Å².